The number of primary amides is 1. The number of amides is 5. The Bertz CT molecular complexity index is 920. The van der Waals surface area contributed by atoms with Crippen molar-refractivity contribution >= 4 is 29.5 Å². The van der Waals surface area contributed by atoms with Crippen LogP contribution in [0.3, 0.4) is 0 Å². The highest BCUT2D eigenvalue weighted by atomic mass is 16.2. The first-order valence-electron chi connectivity index (χ1n) is 8.91. The Morgan fingerprint density at radius 3 is 2.52 bits per heavy atom. The second-order valence-electron chi connectivity index (χ2n) is 7.58. The first-order chi connectivity index (χ1) is 12.8. The fourth-order valence-corrected chi connectivity index (χ4v) is 4.10. The minimum Gasteiger partial charge on any atom is -0.369 e. The average molecular weight is 369 g/mol. The molecule has 3 aliphatic rings. The molecule has 0 radical (unpaired) electrons. The van der Waals surface area contributed by atoms with Gasteiger partial charge in [0.05, 0.1) is 17.0 Å². The quantitative estimate of drug-likeness (QED) is 0.746. The van der Waals surface area contributed by atoms with Crippen LogP contribution in [0.5, 0.6) is 0 Å². The molecule has 8 nitrogen and oxygen atoms in total. The minimum absolute atomic E-state index is 0.0362. The summed E-state index contributed by atoms with van der Waals surface area (Å²) >= 11 is 0. The number of nitrogens with two attached hydrogens (primary N) is 1. The zero-order chi connectivity index (χ0) is 19.5. The molecule has 1 aromatic rings. The number of carbonyl (C=O) groups is 5. The molecule has 4 rings (SSSR count). The lowest BCUT2D eigenvalue weighted by atomic mass is 9.87. The Balaban J connectivity index is 1.80. The molecule has 1 aliphatic carbocycles. The number of hydrogen-bond donors (Lipinski definition) is 2. The summed E-state index contributed by atoms with van der Waals surface area (Å²) in [6.07, 6.45) is 1.77. The Morgan fingerprint density at radius 2 is 1.93 bits per heavy atom. The fourth-order valence-electron chi connectivity index (χ4n) is 4.10. The number of imide groups is 2. The molecule has 1 saturated heterocycles. The third-order valence-corrected chi connectivity index (χ3v) is 5.76. The van der Waals surface area contributed by atoms with Crippen molar-refractivity contribution in [1.29, 1.82) is 0 Å². The Morgan fingerprint density at radius 1 is 1.22 bits per heavy atom. The van der Waals surface area contributed by atoms with Gasteiger partial charge in [-0.15, -0.1) is 0 Å². The molecule has 5 amide bonds. The molecule has 8 heteroatoms. The van der Waals surface area contributed by atoms with E-state index in [1.807, 2.05) is 0 Å². The van der Waals surface area contributed by atoms with E-state index in [1.165, 1.54) is 13.0 Å². The number of nitrogens with zero attached hydrogens (tertiary/aromatic N) is 1. The van der Waals surface area contributed by atoms with Gasteiger partial charge in [0.25, 0.3) is 17.7 Å². The van der Waals surface area contributed by atoms with Crippen molar-refractivity contribution in [2.75, 3.05) is 0 Å². The summed E-state index contributed by atoms with van der Waals surface area (Å²) in [5, 5.41) is 2.20. The van der Waals surface area contributed by atoms with Crippen LogP contribution in [0.1, 0.15) is 64.8 Å². The summed E-state index contributed by atoms with van der Waals surface area (Å²) in [4.78, 5) is 63.1. The predicted molar refractivity (Wildman–Crippen MR) is 92.4 cm³/mol. The minimum atomic E-state index is -1.46. The van der Waals surface area contributed by atoms with Crippen molar-refractivity contribution in [3.8, 4) is 0 Å². The topological polar surface area (TPSA) is 127 Å². The van der Waals surface area contributed by atoms with Gasteiger partial charge in [-0.05, 0) is 43.7 Å². The van der Waals surface area contributed by atoms with E-state index >= 15 is 0 Å². The van der Waals surface area contributed by atoms with Crippen LogP contribution in [-0.2, 0) is 14.4 Å². The summed E-state index contributed by atoms with van der Waals surface area (Å²) in [5.41, 5.74) is 4.86. The second-order valence-corrected chi connectivity index (χ2v) is 7.58. The van der Waals surface area contributed by atoms with Crippen LogP contribution >= 0.6 is 0 Å². The zero-order valence-electron chi connectivity index (χ0n) is 14.8. The molecular formula is C19H19N3O5. The largest absolute Gasteiger partial charge is 0.369 e. The summed E-state index contributed by atoms with van der Waals surface area (Å²) in [5.74, 6) is -3.42. The molecule has 0 bridgehead atoms. The summed E-state index contributed by atoms with van der Waals surface area (Å²) in [6.45, 7) is 1.47. The molecule has 2 unspecified atom stereocenters. The Hall–Kier alpha value is -3.03. The van der Waals surface area contributed by atoms with Gasteiger partial charge in [-0.3, -0.25) is 34.2 Å². The normalized spacial score (nSPS) is 26.0. The maximum atomic E-state index is 13.2. The number of nitrogens with one attached hydrogen (secondary N) is 1. The summed E-state index contributed by atoms with van der Waals surface area (Å²) < 4.78 is 0. The lowest BCUT2D eigenvalue weighted by molar-refractivity contribution is -0.141. The molecule has 27 heavy (non-hydrogen) atoms. The van der Waals surface area contributed by atoms with E-state index in [4.69, 9.17) is 5.73 Å². The highest BCUT2D eigenvalue weighted by molar-refractivity contribution is 6.25. The van der Waals surface area contributed by atoms with Gasteiger partial charge >= 0.3 is 0 Å². The third-order valence-electron chi connectivity index (χ3n) is 5.76. The molecular weight excluding hydrogens is 350 g/mol. The number of piperidine rings is 1. The van der Waals surface area contributed by atoms with Crippen LogP contribution in [0.4, 0.5) is 0 Å². The van der Waals surface area contributed by atoms with E-state index in [0.29, 0.717) is 5.56 Å². The van der Waals surface area contributed by atoms with Gasteiger partial charge in [0.2, 0.25) is 11.8 Å². The summed E-state index contributed by atoms with van der Waals surface area (Å²) in [7, 11) is 0. The molecule has 2 fully saturated rings. The molecule has 1 saturated carbocycles. The van der Waals surface area contributed by atoms with Crippen LogP contribution in [-0.4, -0.2) is 40.0 Å². The van der Waals surface area contributed by atoms with Gasteiger partial charge in [-0.25, -0.2) is 0 Å². The highest BCUT2D eigenvalue weighted by Gasteiger charge is 2.54. The SMILES string of the molecule is CC1(N2C(=O)c3cccc(C(C(N)=O)C4CC4)c3C2=O)CCC(=O)NC1=O. The van der Waals surface area contributed by atoms with Crippen molar-refractivity contribution in [3.05, 3.63) is 34.9 Å². The molecule has 0 spiro atoms. The van der Waals surface area contributed by atoms with Crippen LogP contribution in [0, 0.1) is 5.92 Å². The van der Waals surface area contributed by atoms with Crippen molar-refractivity contribution in [2.45, 2.75) is 44.1 Å². The monoisotopic (exact) mass is 369 g/mol. The van der Waals surface area contributed by atoms with Crippen LogP contribution < -0.4 is 11.1 Å². The van der Waals surface area contributed by atoms with Gasteiger partial charge in [0, 0.05) is 6.42 Å². The van der Waals surface area contributed by atoms with Crippen molar-refractivity contribution in [1.82, 2.24) is 10.2 Å². The van der Waals surface area contributed by atoms with E-state index in [0.717, 1.165) is 17.7 Å². The van der Waals surface area contributed by atoms with E-state index in [2.05, 4.69) is 5.32 Å². The summed E-state index contributed by atoms with van der Waals surface area (Å²) in [6, 6.07) is 4.78. The average Bonchev–Trinajstić information content (AvgIpc) is 3.39. The maximum Gasteiger partial charge on any atom is 0.262 e. The Labute approximate surface area is 155 Å². The van der Waals surface area contributed by atoms with Crippen molar-refractivity contribution in [2.24, 2.45) is 11.7 Å². The van der Waals surface area contributed by atoms with Gasteiger partial charge in [0.1, 0.15) is 5.54 Å². The third kappa shape index (κ3) is 2.47. The molecule has 0 aromatic heterocycles. The molecule has 3 N–H and O–H groups in total. The van der Waals surface area contributed by atoms with E-state index in [9.17, 15) is 24.0 Å². The van der Waals surface area contributed by atoms with Gasteiger partial charge in [0.15, 0.2) is 0 Å². The molecule has 2 aliphatic heterocycles. The van der Waals surface area contributed by atoms with E-state index in [-0.39, 0.29) is 29.9 Å². The predicted octanol–water partition coefficient (Wildman–Crippen LogP) is 0.457. The molecule has 1 aromatic carbocycles. The Kier molecular flexibility index (Phi) is 3.69. The smallest absolute Gasteiger partial charge is 0.262 e. The van der Waals surface area contributed by atoms with Crippen LogP contribution in [0.25, 0.3) is 0 Å². The van der Waals surface area contributed by atoms with Crippen LogP contribution in [0.2, 0.25) is 0 Å². The van der Waals surface area contributed by atoms with E-state index < -0.39 is 41.0 Å². The van der Waals surface area contributed by atoms with Crippen LogP contribution in [0.15, 0.2) is 18.2 Å². The van der Waals surface area contributed by atoms with Gasteiger partial charge in [-0.2, -0.15) is 0 Å². The molecule has 140 valence electrons. The zero-order valence-corrected chi connectivity index (χ0v) is 14.8. The maximum absolute atomic E-state index is 13.2. The molecule has 2 atom stereocenters. The first-order valence-corrected chi connectivity index (χ1v) is 8.91. The van der Waals surface area contributed by atoms with Gasteiger partial charge in [-0.1, -0.05) is 12.1 Å². The van der Waals surface area contributed by atoms with Gasteiger partial charge < -0.3 is 5.73 Å². The number of carbonyl (C=O) groups excluding carboxylic acids is 5. The first kappa shape index (κ1) is 17.4. The van der Waals surface area contributed by atoms with Crippen molar-refractivity contribution in [3.63, 3.8) is 0 Å². The second kappa shape index (κ2) is 5.73. The number of hydrogen-bond acceptors (Lipinski definition) is 5. The lowest BCUT2D eigenvalue weighted by Gasteiger charge is -2.38. The molecule has 2 heterocycles. The van der Waals surface area contributed by atoms with Crippen molar-refractivity contribution < 1.29 is 24.0 Å². The number of rotatable bonds is 4. The standard InChI is InChI=1S/C19H19N3O5/c1-19(8-7-12(23)21-18(19)27)22-16(25)11-4-2-3-10(14(11)17(22)26)13(15(20)24)9-5-6-9/h2-4,9,13H,5-8H2,1H3,(H2,20,24)(H,21,23,27). The van der Waals surface area contributed by atoms with E-state index in [1.54, 1.807) is 12.1 Å². The fraction of sp³-hybridized carbons (Fsp3) is 0.421. The highest BCUT2D eigenvalue weighted by Crippen LogP contribution is 2.45. The lowest BCUT2D eigenvalue weighted by Crippen LogP contribution is -2.62. The number of benzene rings is 1. The number of fused-ring (bicyclic) bond motifs is 1.